The highest BCUT2D eigenvalue weighted by Gasteiger charge is 2.24. The fourth-order valence-electron chi connectivity index (χ4n) is 2.50. The predicted octanol–water partition coefficient (Wildman–Crippen LogP) is 2.53. The Bertz CT molecular complexity index is 413. The number of nitrogens with zero attached hydrogens (tertiary/aromatic N) is 2. The summed E-state index contributed by atoms with van der Waals surface area (Å²) in [5.74, 6) is 0.867. The zero-order chi connectivity index (χ0) is 13.0. The van der Waals surface area contributed by atoms with Crippen LogP contribution in [0.15, 0.2) is 18.3 Å². The van der Waals surface area contributed by atoms with Gasteiger partial charge in [-0.3, -0.25) is 4.79 Å². The van der Waals surface area contributed by atoms with Crippen LogP contribution < -0.4 is 5.32 Å². The highest BCUT2D eigenvalue weighted by Crippen LogP contribution is 2.23. The standard InChI is InChI=1S/C14H21N3O/c1-3-15-13-10-11(8-9-16-13)14(18)17(2)12-6-4-5-7-12/h8-10,12H,3-7H2,1-2H3,(H,15,16). The molecule has 1 fully saturated rings. The van der Waals surface area contributed by atoms with Crippen LogP contribution in [0, 0.1) is 0 Å². The number of anilines is 1. The summed E-state index contributed by atoms with van der Waals surface area (Å²) in [5.41, 5.74) is 0.718. The van der Waals surface area contributed by atoms with Gasteiger partial charge in [-0.1, -0.05) is 12.8 Å². The lowest BCUT2D eigenvalue weighted by Crippen LogP contribution is -2.35. The summed E-state index contributed by atoms with van der Waals surface area (Å²) < 4.78 is 0. The van der Waals surface area contributed by atoms with Gasteiger partial charge in [-0.15, -0.1) is 0 Å². The molecular weight excluding hydrogens is 226 g/mol. The van der Waals surface area contributed by atoms with E-state index in [1.807, 2.05) is 24.9 Å². The summed E-state index contributed by atoms with van der Waals surface area (Å²) >= 11 is 0. The lowest BCUT2D eigenvalue weighted by molar-refractivity contribution is 0.0735. The van der Waals surface area contributed by atoms with E-state index < -0.39 is 0 Å². The molecule has 4 nitrogen and oxygen atoms in total. The van der Waals surface area contributed by atoms with Crippen molar-refractivity contribution in [2.45, 2.75) is 38.6 Å². The molecule has 0 aliphatic heterocycles. The van der Waals surface area contributed by atoms with Gasteiger partial charge >= 0.3 is 0 Å². The van der Waals surface area contributed by atoms with Crippen molar-refractivity contribution < 1.29 is 4.79 Å². The number of aromatic nitrogens is 1. The first-order valence-electron chi connectivity index (χ1n) is 6.69. The molecule has 1 aromatic heterocycles. The predicted molar refractivity (Wildman–Crippen MR) is 72.8 cm³/mol. The lowest BCUT2D eigenvalue weighted by Gasteiger charge is -2.24. The molecule has 2 rings (SSSR count). The third-order valence-electron chi connectivity index (χ3n) is 3.56. The molecular formula is C14H21N3O. The maximum Gasteiger partial charge on any atom is 0.254 e. The van der Waals surface area contributed by atoms with Crippen molar-refractivity contribution >= 4 is 11.7 Å². The zero-order valence-electron chi connectivity index (χ0n) is 11.1. The summed E-state index contributed by atoms with van der Waals surface area (Å²) in [6.07, 6.45) is 6.43. The number of hydrogen-bond acceptors (Lipinski definition) is 3. The molecule has 1 aromatic rings. The molecule has 1 amide bonds. The van der Waals surface area contributed by atoms with Crippen LogP contribution in [0.3, 0.4) is 0 Å². The monoisotopic (exact) mass is 247 g/mol. The van der Waals surface area contributed by atoms with E-state index in [1.165, 1.54) is 12.8 Å². The van der Waals surface area contributed by atoms with Gasteiger partial charge in [-0.05, 0) is 31.9 Å². The van der Waals surface area contributed by atoms with Crippen LogP contribution in [-0.4, -0.2) is 35.4 Å². The number of hydrogen-bond donors (Lipinski definition) is 1. The summed E-state index contributed by atoms with van der Waals surface area (Å²) in [7, 11) is 1.91. The van der Waals surface area contributed by atoms with Crippen molar-refractivity contribution in [2.24, 2.45) is 0 Å². The van der Waals surface area contributed by atoms with Crippen LogP contribution in [0.1, 0.15) is 43.0 Å². The fraction of sp³-hybridized carbons (Fsp3) is 0.571. The number of nitrogens with one attached hydrogen (secondary N) is 1. The van der Waals surface area contributed by atoms with Gasteiger partial charge in [0.05, 0.1) is 0 Å². The van der Waals surface area contributed by atoms with E-state index in [0.29, 0.717) is 6.04 Å². The van der Waals surface area contributed by atoms with Gasteiger partial charge in [0, 0.05) is 31.4 Å². The number of carbonyl (C=O) groups excluding carboxylic acids is 1. The Morgan fingerprint density at radius 1 is 1.50 bits per heavy atom. The number of rotatable bonds is 4. The smallest absolute Gasteiger partial charge is 0.254 e. The Hall–Kier alpha value is -1.58. The molecule has 1 heterocycles. The van der Waals surface area contributed by atoms with Crippen LogP contribution in [-0.2, 0) is 0 Å². The molecule has 0 bridgehead atoms. The summed E-state index contributed by atoms with van der Waals surface area (Å²) in [4.78, 5) is 18.4. The first-order chi connectivity index (χ1) is 8.72. The number of carbonyl (C=O) groups is 1. The summed E-state index contributed by atoms with van der Waals surface area (Å²) in [5, 5.41) is 3.13. The van der Waals surface area contributed by atoms with Crippen molar-refractivity contribution in [3.63, 3.8) is 0 Å². The van der Waals surface area contributed by atoms with Gasteiger partial charge in [0.25, 0.3) is 5.91 Å². The van der Waals surface area contributed by atoms with Crippen molar-refractivity contribution in [2.75, 3.05) is 18.9 Å². The third kappa shape index (κ3) is 2.81. The minimum atomic E-state index is 0.100. The van der Waals surface area contributed by atoms with Gasteiger partial charge < -0.3 is 10.2 Å². The molecule has 0 atom stereocenters. The normalized spacial score (nSPS) is 15.7. The van der Waals surface area contributed by atoms with Crippen LogP contribution in [0.25, 0.3) is 0 Å². The van der Waals surface area contributed by atoms with Gasteiger partial charge in [-0.2, -0.15) is 0 Å². The van der Waals surface area contributed by atoms with Crippen LogP contribution in [0.5, 0.6) is 0 Å². The largest absolute Gasteiger partial charge is 0.370 e. The third-order valence-corrected chi connectivity index (χ3v) is 3.56. The Morgan fingerprint density at radius 2 is 2.22 bits per heavy atom. The average molecular weight is 247 g/mol. The maximum atomic E-state index is 12.4. The Balaban J connectivity index is 2.09. The Labute approximate surface area is 108 Å². The van der Waals surface area contributed by atoms with E-state index in [0.717, 1.165) is 30.8 Å². The topological polar surface area (TPSA) is 45.2 Å². The SMILES string of the molecule is CCNc1cc(C(=O)N(C)C2CCCC2)ccn1. The summed E-state index contributed by atoms with van der Waals surface area (Å²) in [6, 6.07) is 4.03. The molecule has 0 saturated heterocycles. The average Bonchev–Trinajstić information content (AvgIpc) is 2.91. The molecule has 0 spiro atoms. The first kappa shape index (κ1) is 12.9. The lowest BCUT2D eigenvalue weighted by atomic mass is 10.1. The number of pyridine rings is 1. The van der Waals surface area contributed by atoms with Gasteiger partial charge in [0.1, 0.15) is 5.82 Å². The molecule has 98 valence electrons. The van der Waals surface area contributed by atoms with Gasteiger partial charge in [-0.25, -0.2) is 4.98 Å². The summed E-state index contributed by atoms with van der Waals surface area (Å²) in [6.45, 7) is 2.82. The molecule has 1 saturated carbocycles. The van der Waals surface area contributed by atoms with Crippen LogP contribution in [0.2, 0.25) is 0 Å². The Morgan fingerprint density at radius 3 is 2.89 bits per heavy atom. The van der Waals surface area contributed by atoms with Gasteiger partial charge in [0.2, 0.25) is 0 Å². The maximum absolute atomic E-state index is 12.4. The molecule has 1 N–H and O–H groups in total. The van der Waals surface area contributed by atoms with Crippen molar-refractivity contribution in [1.82, 2.24) is 9.88 Å². The van der Waals surface area contributed by atoms with Crippen LogP contribution in [0.4, 0.5) is 5.82 Å². The van der Waals surface area contributed by atoms with E-state index in [9.17, 15) is 4.79 Å². The highest BCUT2D eigenvalue weighted by molar-refractivity contribution is 5.94. The molecule has 1 aliphatic carbocycles. The number of amides is 1. The second-order valence-electron chi connectivity index (χ2n) is 4.81. The molecule has 0 radical (unpaired) electrons. The van der Waals surface area contributed by atoms with Gasteiger partial charge in [0.15, 0.2) is 0 Å². The second kappa shape index (κ2) is 5.85. The molecule has 1 aliphatic rings. The molecule has 0 unspecified atom stereocenters. The minimum absolute atomic E-state index is 0.100. The van der Waals surface area contributed by atoms with E-state index in [2.05, 4.69) is 10.3 Å². The van der Waals surface area contributed by atoms with Crippen LogP contribution >= 0.6 is 0 Å². The van der Waals surface area contributed by atoms with Crippen molar-refractivity contribution in [1.29, 1.82) is 0 Å². The van der Waals surface area contributed by atoms with Crippen molar-refractivity contribution in [3.8, 4) is 0 Å². The molecule has 18 heavy (non-hydrogen) atoms. The van der Waals surface area contributed by atoms with E-state index in [1.54, 1.807) is 12.3 Å². The Kier molecular flexibility index (Phi) is 4.18. The van der Waals surface area contributed by atoms with E-state index in [4.69, 9.17) is 0 Å². The highest BCUT2D eigenvalue weighted by atomic mass is 16.2. The van der Waals surface area contributed by atoms with E-state index >= 15 is 0 Å². The zero-order valence-corrected chi connectivity index (χ0v) is 11.1. The first-order valence-corrected chi connectivity index (χ1v) is 6.69. The minimum Gasteiger partial charge on any atom is -0.370 e. The quantitative estimate of drug-likeness (QED) is 0.889. The fourth-order valence-corrected chi connectivity index (χ4v) is 2.50. The molecule has 0 aromatic carbocycles. The van der Waals surface area contributed by atoms with Crippen molar-refractivity contribution in [3.05, 3.63) is 23.9 Å². The second-order valence-corrected chi connectivity index (χ2v) is 4.81. The molecule has 4 heteroatoms. The van der Waals surface area contributed by atoms with E-state index in [-0.39, 0.29) is 5.91 Å².